The van der Waals surface area contributed by atoms with Crippen molar-refractivity contribution in [3.63, 3.8) is 0 Å². The van der Waals surface area contributed by atoms with E-state index in [1.807, 2.05) is 13.8 Å². The van der Waals surface area contributed by atoms with Crippen molar-refractivity contribution in [2.45, 2.75) is 65.8 Å². The first-order valence-electron chi connectivity index (χ1n) is 17.4. The van der Waals surface area contributed by atoms with Gasteiger partial charge in [0, 0.05) is 66.2 Å². The summed E-state index contributed by atoms with van der Waals surface area (Å²) >= 11 is 0. The predicted octanol–water partition coefficient (Wildman–Crippen LogP) is 2.22. The lowest BCUT2D eigenvalue weighted by molar-refractivity contribution is -0.121. The van der Waals surface area contributed by atoms with Crippen LogP contribution in [-0.4, -0.2) is 90.9 Å². The highest BCUT2D eigenvalue weighted by molar-refractivity contribution is 7.86. The number of rotatable bonds is 18. The second-order valence-corrected chi connectivity index (χ2v) is 16.4. The van der Waals surface area contributed by atoms with E-state index in [0.29, 0.717) is 50.8 Å². The van der Waals surface area contributed by atoms with Gasteiger partial charge in [-0.1, -0.05) is 25.3 Å². The molecule has 0 radical (unpaired) electrons. The highest BCUT2D eigenvalue weighted by Gasteiger charge is 2.30. The van der Waals surface area contributed by atoms with Gasteiger partial charge in [-0.05, 0) is 80.5 Å². The van der Waals surface area contributed by atoms with E-state index in [9.17, 15) is 36.0 Å². The first-order valence-corrected chi connectivity index (χ1v) is 20.6. The molecule has 3 aliphatic rings. The number of allylic oxidation sites excluding steroid dienone is 4. The van der Waals surface area contributed by atoms with Crippen molar-refractivity contribution in [1.29, 1.82) is 0 Å². The highest BCUT2D eigenvalue weighted by Crippen LogP contribution is 2.33. The Morgan fingerprint density at radius 1 is 0.782 bits per heavy atom. The van der Waals surface area contributed by atoms with Crippen LogP contribution in [0.5, 0.6) is 0 Å². The molecule has 0 bridgehead atoms. The summed E-state index contributed by atoms with van der Waals surface area (Å²) < 4.78 is 62.6. The third-order valence-electron chi connectivity index (χ3n) is 9.62. The summed E-state index contributed by atoms with van der Waals surface area (Å²) in [6.45, 7) is 14.2. The van der Waals surface area contributed by atoms with Gasteiger partial charge in [0.05, 0.1) is 29.0 Å². The molecule has 4 rings (SSSR count). The van der Waals surface area contributed by atoms with Crippen molar-refractivity contribution in [1.82, 2.24) is 26.3 Å². The second kappa shape index (κ2) is 17.5. The van der Waals surface area contributed by atoms with Crippen LogP contribution >= 0.6 is 0 Å². The molecular formula is C37H46N6O10S2. The number of H-pyrrole nitrogens is 1. The molecule has 1 atom stereocenters. The Kier molecular flexibility index (Phi) is 13.6. The number of aromatic nitrogens is 1. The van der Waals surface area contributed by atoms with Gasteiger partial charge in [0.1, 0.15) is 0 Å². The predicted molar refractivity (Wildman–Crippen MR) is 208 cm³/mol. The van der Waals surface area contributed by atoms with Gasteiger partial charge in [-0.2, -0.15) is 16.8 Å². The zero-order valence-electron chi connectivity index (χ0n) is 31.1. The number of hydrogen-bond donors (Lipinski definition) is 7. The van der Waals surface area contributed by atoms with Gasteiger partial charge >= 0.3 is 0 Å². The van der Waals surface area contributed by atoms with Crippen LogP contribution in [-0.2, 0) is 52.3 Å². The molecule has 1 unspecified atom stereocenters. The monoisotopic (exact) mass is 798 g/mol. The summed E-state index contributed by atoms with van der Waals surface area (Å²) in [7, 11) is -8.53. The van der Waals surface area contributed by atoms with E-state index in [4.69, 9.17) is 14.1 Å². The summed E-state index contributed by atoms with van der Waals surface area (Å²) in [6, 6.07) is -0.520. The number of carbonyl (C=O) groups is 4. The minimum absolute atomic E-state index is 0.0175. The standard InChI is InChI=1S/C37H46N6O10S2/c1-7-24-23(6)36(46)43-31(24)18-29-22(5)27(10-12-35(45)39-14-16-55(51,52)53)33(41-29)19-32-26(9-11-34(44)38-13-15-54(48,49)50)21(4)28(40-32)17-30-20(3)25(8-2)37(47)42-30/h7-8,17-18,33,40H,1-2,9-16,19H2,3-6H3,(H,38,44)(H,39,45)(H,42,47)(H,43,46)(H,48,49,50)(H,51,52,53)/b30-17?,31-18-. The Morgan fingerprint density at radius 3 is 1.89 bits per heavy atom. The molecule has 4 amide bonds. The Morgan fingerprint density at radius 2 is 1.35 bits per heavy atom. The van der Waals surface area contributed by atoms with Crippen molar-refractivity contribution in [2.75, 3.05) is 24.6 Å². The Labute approximate surface area is 320 Å². The van der Waals surface area contributed by atoms with Gasteiger partial charge in [0.15, 0.2) is 0 Å². The molecule has 3 aliphatic heterocycles. The van der Waals surface area contributed by atoms with E-state index in [1.54, 1.807) is 32.1 Å². The molecule has 0 aliphatic carbocycles. The van der Waals surface area contributed by atoms with Gasteiger partial charge in [0.25, 0.3) is 32.1 Å². The molecule has 1 aromatic heterocycles. The molecule has 7 N–H and O–H groups in total. The van der Waals surface area contributed by atoms with Gasteiger partial charge in [-0.15, -0.1) is 0 Å². The number of carbonyl (C=O) groups excluding carboxylic acids is 4. The van der Waals surface area contributed by atoms with Crippen LogP contribution in [0, 0.1) is 6.92 Å². The molecule has 1 aromatic rings. The fourth-order valence-corrected chi connectivity index (χ4v) is 7.27. The maximum Gasteiger partial charge on any atom is 0.266 e. The normalized spacial score (nSPS) is 19.0. The molecule has 0 saturated heterocycles. The number of aliphatic imine (C=N–C) groups is 1. The lowest BCUT2D eigenvalue weighted by Crippen LogP contribution is -2.29. The third-order valence-corrected chi connectivity index (χ3v) is 11.1. The number of nitrogens with one attached hydrogen (secondary N) is 5. The van der Waals surface area contributed by atoms with Crippen molar-refractivity contribution >= 4 is 55.7 Å². The molecular weight excluding hydrogens is 753 g/mol. The first kappa shape index (κ1) is 42.6. The summed E-state index contributed by atoms with van der Waals surface area (Å²) in [5, 5.41) is 10.7. The fourth-order valence-electron chi connectivity index (χ4n) is 6.55. The number of aromatic amines is 1. The van der Waals surface area contributed by atoms with Crippen molar-refractivity contribution in [2.24, 2.45) is 4.99 Å². The quantitative estimate of drug-likeness (QED) is 0.107. The summed E-state index contributed by atoms with van der Waals surface area (Å²) in [5.74, 6) is -2.68. The molecule has 4 heterocycles. The van der Waals surface area contributed by atoms with Crippen LogP contribution in [0.25, 0.3) is 6.08 Å². The zero-order chi connectivity index (χ0) is 40.8. The van der Waals surface area contributed by atoms with E-state index in [1.165, 1.54) is 6.08 Å². The fraction of sp³-hybridized carbons (Fsp3) is 0.378. The summed E-state index contributed by atoms with van der Waals surface area (Å²) in [4.78, 5) is 59.0. The maximum absolute atomic E-state index is 12.8. The van der Waals surface area contributed by atoms with Gasteiger partial charge in [-0.25, -0.2) is 0 Å². The van der Waals surface area contributed by atoms with Crippen LogP contribution in [0.15, 0.2) is 81.2 Å². The van der Waals surface area contributed by atoms with Gasteiger partial charge < -0.3 is 26.3 Å². The van der Waals surface area contributed by atoms with Crippen molar-refractivity contribution in [3.8, 4) is 0 Å². The van der Waals surface area contributed by atoms with Crippen molar-refractivity contribution < 1.29 is 45.1 Å². The van der Waals surface area contributed by atoms with E-state index in [2.05, 4.69) is 39.4 Å². The SMILES string of the molecule is C=CC1=C(C)C(=Cc2[nH]c(CC3N=C(/C=C4\NC(=O)C(C)=C4C=C)C(C)=C3CCC(=O)NCCS(=O)(=O)O)c(CCC(=O)NCCS(=O)(=O)O)c2C)NC1=O. The third kappa shape index (κ3) is 11.0. The van der Waals surface area contributed by atoms with E-state index in [0.717, 1.165) is 22.3 Å². The van der Waals surface area contributed by atoms with Gasteiger partial charge in [0.2, 0.25) is 11.8 Å². The average Bonchev–Trinajstić information content (AvgIpc) is 3.73. The maximum atomic E-state index is 12.8. The highest BCUT2D eigenvalue weighted by atomic mass is 32.2. The lowest BCUT2D eigenvalue weighted by Gasteiger charge is -2.15. The minimum Gasteiger partial charge on any atom is -0.358 e. The molecule has 16 nitrogen and oxygen atoms in total. The van der Waals surface area contributed by atoms with E-state index in [-0.39, 0.29) is 57.0 Å². The molecule has 296 valence electrons. The Balaban J connectivity index is 1.71. The van der Waals surface area contributed by atoms with Crippen LogP contribution in [0.1, 0.15) is 62.5 Å². The summed E-state index contributed by atoms with van der Waals surface area (Å²) in [5.41, 5.74) is 8.43. The van der Waals surface area contributed by atoms with E-state index >= 15 is 0 Å². The largest absolute Gasteiger partial charge is 0.358 e. The summed E-state index contributed by atoms with van der Waals surface area (Å²) in [6.07, 6.45) is 7.31. The average molecular weight is 799 g/mol. The molecule has 55 heavy (non-hydrogen) atoms. The van der Waals surface area contributed by atoms with Crippen LogP contribution in [0.2, 0.25) is 0 Å². The molecule has 0 spiro atoms. The molecule has 0 saturated carbocycles. The van der Waals surface area contributed by atoms with Crippen LogP contribution in [0.3, 0.4) is 0 Å². The number of hydrogen-bond acceptors (Lipinski definition) is 9. The van der Waals surface area contributed by atoms with Crippen LogP contribution in [0.4, 0.5) is 0 Å². The molecule has 0 fully saturated rings. The minimum atomic E-state index is -4.26. The number of amides is 4. The second-order valence-electron chi connectivity index (χ2n) is 13.3. The lowest BCUT2D eigenvalue weighted by atomic mass is 9.93. The Hall–Kier alpha value is -5.17. The Bertz CT molecular complexity index is 2250. The van der Waals surface area contributed by atoms with Crippen LogP contribution < -0.4 is 21.3 Å². The first-order chi connectivity index (χ1) is 25.7. The molecule has 18 heteroatoms. The molecule has 0 aromatic carbocycles. The van der Waals surface area contributed by atoms with E-state index < -0.39 is 49.6 Å². The topological polar surface area (TPSA) is 253 Å². The zero-order valence-corrected chi connectivity index (χ0v) is 32.7. The van der Waals surface area contributed by atoms with Crippen molar-refractivity contribution in [3.05, 3.63) is 98.7 Å². The smallest absolute Gasteiger partial charge is 0.266 e. The van der Waals surface area contributed by atoms with Gasteiger partial charge in [-0.3, -0.25) is 33.3 Å². The number of nitrogens with zero attached hydrogens (tertiary/aromatic N) is 1.